The summed E-state index contributed by atoms with van der Waals surface area (Å²) in [6, 6.07) is 16.1. The van der Waals surface area contributed by atoms with Gasteiger partial charge < -0.3 is 9.30 Å². The Morgan fingerprint density at radius 2 is 1.97 bits per heavy atom. The van der Waals surface area contributed by atoms with E-state index in [1.54, 1.807) is 11.6 Å². The summed E-state index contributed by atoms with van der Waals surface area (Å²) >= 11 is 1.24. The second kappa shape index (κ2) is 8.47. The van der Waals surface area contributed by atoms with Crippen molar-refractivity contribution in [2.75, 3.05) is 6.61 Å². The van der Waals surface area contributed by atoms with E-state index >= 15 is 0 Å². The van der Waals surface area contributed by atoms with Gasteiger partial charge in [-0.05, 0) is 48.9 Å². The van der Waals surface area contributed by atoms with Crippen LogP contribution in [0.25, 0.3) is 17.0 Å². The van der Waals surface area contributed by atoms with Crippen LogP contribution in [0.4, 0.5) is 0 Å². The molecule has 0 fully saturated rings. The van der Waals surface area contributed by atoms with Crippen LogP contribution in [-0.4, -0.2) is 38.6 Å². The molecule has 160 valence electrons. The Hall–Kier alpha value is -3.65. The van der Waals surface area contributed by atoms with Gasteiger partial charge in [-0.15, -0.1) is 0 Å². The lowest BCUT2D eigenvalue weighted by Crippen LogP contribution is -2.35. The van der Waals surface area contributed by atoms with Crippen LogP contribution in [0.3, 0.4) is 0 Å². The second-order valence-corrected chi connectivity index (χ2v) is 8.33. The molecule has 5 rings (SSSR count). The third-order valence-corrected chi connectivity index (χ3v) is 6.08. The SMILES string of the molecule is Cc1ccccc1OCCCn1cc(/C=C2\C(=N)N3N=CSC3=NC2=O)c2ccccc21. The zero-order chi connectivity index (χ0) is 22.1. The summed E-state index contributed by atoms with van der Waals surface area (Å²) in [6.45, 7) is 3.42. The average molecular weight is 444 g/mol. The van der Waals surface area contributed by atoms with Crippen LogP contribution in [0.2, 0.25) is 0 Å². The fourth-order valence-corrected chi connectivity index (χ4v) is 4.41. The van der Waals surface area contributed by atoms with E-state index in [1.807, 2.05) is 55.6 Å². The molecular formula is C24H21N5O2S. The van der Waals surface area contributed by atoms with E-state index in [1.165, 1.54) is 16.8 Å². The summed E-state index contributed by atoms with van der Waals surface area (Å²) in [5.41, 5.74) is 4.89. The molecule has 0 saturated carbocycles. The zero-order valence-electron chi connectivity index (χ0n) is 17.5. The van der Waals surface area contributed by atoms with Crippen LogP contribution in [-0.2, 0) is 11.3 Å². The van der Waals surface area contributed by atoms with Crippen LogP contribution < -0.4 is 4.74 Å². The lowest BCUT2D eigenvalue weighted by molar-refractivity contribution is -0.114. The maximum atomic E-state index is 12.6. The Labute approximate surface area is 189 Å². The maximum Gasteiger partial charge on any atom is 0.283 e. The number of amides is 1. The quantitative estimate of drug-likeness (QED) is 0.443. The first-order chi connectivity index (χ1) is 15.6. The highest BCUT2D eigenvalue weighted by Gasteiger charge is 2.32. The number of hydrogen-bond acceptors (Lipinski definition) is 5. The molecule has 1 aromatic heterocycles. The minimum Gasteiger partial charge on any atom is -0.493 e. The predicted octanol–water partition coefficient (Wildman–Crippen LogP) is 4.67. The lowest BCUT2D eigenvalue weighted by Gasteiger charge is -2.20. The van der Waals surface area contributed by atoms with Crippen molar-refractivity contribution in [2.24, 2.45) is 10.1 Å². The Morgan fingerprint density at radius 1 is 1.16 bits per heavy atom. The molecule has 0 spiro atoms. The molecule has 0 bridgehead atoms. The fourth-order valence-electron chi connectivity index (χ4n) is 3.80. The normalized spacial score (nSPS) is 16.7. The largest absolute Gasteiger partial charge is 0.493 e. The molecule has 3 heterocycles. The molecule has 0 saturated heterocycles. The van der Waals surface area contributed by atoms with Gasteiger partial charge in [0.15, 0.2) is 11.0 Å². The number of ether oxygens (including phenoxy) is 1. The van der Waals surface area contributed by atoms with Crippen molar-refractivity contribution in [1.29, 1.82) is 5.41 Å². The molecule has 1 N–H and O–H groups in total. The van der Waals surface area contributed by atoms with E-state index in [0.717, 1.165) is 40.7 Å². The molecule has 3 aromatic rings. The smallest absolute Gasteiger partial charge is 0.283 e. The van der Waals surface area contributed by atoms with E-state index in [9.17, 15) is 4.79 Å². The summed E-state index contributed by atoms with van der Waals surface area (Å²) in [7, 11) is 0. The average Bonchev–Trinajstić information content (AvgIpc) is 3.40. The van der Waals surface area contributed by atoms with Gasteiger partial charge in [-0.1, -0.05) is 36.4 Å². The molecule has 7 nitrogen and oxygen atoms in total. The van der Waals surface area contributed by atoms with Gasteiger partial charge in [-0.3, -0.25) is 10.2 Å². The topological polar surface area (TPSA) is 83.0 Å². The van der Waals surface area contributed by atoms with Gasteiger partial charge in [0.05, 0.1) is 17.7 Å². The molecule has 0 unspecified atom stereocenters. The first-order valence-corrected chi connectivity index (χ1v) is 11.2. The molecular weight excluding hydrogens is 422 g/mol. The van der Waals surface area contributed by atoms with Crippen molar-refractivity contribution >= 4 is 51.2 Å². The van der Waals surface area contributed by atoms with Gasteiger partial charge >= 0.3 is 0 Å². The van der Waals surface area contributed by atoms with Gasteiger partial charge in [-0.2, -0.15) is 15.1 Å². The number of rotatable bonds is 6. The minimum atomic E-state index is -0.414. The number of thioether (sulfide) groups is 1. The van der Waals surface area contributed by atoms with Crippen LogP contribution in [0.15, 0.2) is 70.4 Å². The van der Waals surface area contributed by atoms with Gasteiger partial charge in [-0.25, -0.2) is 0 Å². The number of amidine groups is 2. The standard InChI is InChI=1S/C24H21N5O2S/c1-16-7-2-5-10-21(16)31-12-6-11-28-14-17(18-8-3-4-9-20(18)28)13-19-22(25)29-24(27-23(19)30)32-15-26-29/h2-5,7-10,13-15,25H,6,11-12H2,1H3/b19-13+,25-22?. The number of carbonyl (C=O) groups excluding carboxylic acids is 1. The highest BCUT2D eigenvalue weighted by molar-refractivity contribution is 8.25. The number of para-hydroxylation sites is 2. The van der Waals surface area contributed by atoms with E-state index in [-0.39, 0.29) is 11.4 Å². The molecule has 2 aromatic carbocycles. The van der Waals surface area contributed by atoms with E-state index in [4.69, 9.17) is 10.1 Å². The summed E-state index contributed by atoms with van der Waals surface area (Å²) in [4.78, 5) is 16.6. The number of carbonyl (C=O) groups is 1. The lowest BCUT2D eigenvalue weighted by atomic mass is 10.1. The molecule has 1 amide bonds. The van der Waals surface area contributed by atoms with Crippen molar-refractivity contribution in [1.82, 2.24) is 9.58 Å². The number of benzene rings is 2. The number of nitrogens with zero attached hydrogens (tertiary/aromatic N) is 4. The molecule has 32 heavy (non-hydrogen) atoms. The van der Waals surface area contributed by atoms with Crippen LogP contribution >= 0.6 is 11.8 Å². The first kappa shape index (κ1) is 20.3. The van der Waals surface area contributed by atoms with Crippen molar-refractivity contribution in [2.45, 2.75) is 19.9 Å². The summed E-state index contributed by atoms with van der Waals surface area (Å²) < 4.78 is 8.10. The number of hydrogen-bond donors (Lipinski definition) is 1. The third-order valence-electron chi connectivity index (χ3n) is 5.41. The molecule has 2 aliphatic rings. The number of aromatic nitrogens is 1. The Kier molecular flexibility index (Phi) is 5.36. The van der Waals surface area contributed by atoms with Crippen molar-refractivity contribution in [3.05, 3.63) is 71.4 Å². The third kappa shape index (κ3) is 3.73. The summed E-state index contributed by atoms with van der Waals surface area (Å²) in [5.74, 6) is 0.541. The highest BCUT2D eigenvalue weighted by atomic mass is 32.2. The van der Waals surface area contributed by atoms with Crippen molar-refractivity contribution in [3.8, 4) is 5.75 Å². The van der Waals surface area contributed by atoms with E-state index in [2.05, 4.69) is 20.7 Å². The van der Waals surface area contributed by atoms with E-state index < -0.39 is 5.91 Å². The fraction of sp³-hybridized carbons (Fsp3) is 0.167. The number of fused-ring (bicyclic) bond motifs is 2. The molecule has 2 aliphatic heterocycles. The monoisotopic (exact) mass is 443 g/mol. The summed E-state index contributed by atoms with van der Waals surface area (Å²) in [5, 5.41) is 15.4. The van der Waals surface area contributed by atoms with Crippen molar-refractivity contribution < 1.29 is 9.53 Å². The zero-order valence-corrected chi connectivity index (χ0v) is 18.3. The minimum absolute atomic E-state index is 0.0460. The second-order valence-electron chi connectivity index (χ2n) is 7.52. The number of aliphatic imine (C=N–C) groups is 1. The molecule has 8 heteroatoms. The van der Waals surface area contributed by atoms with Crippen molar-refractivity contribution in [3.63, 3.8) is 0 Å². The number of nitrogens with one attached hydrogen (secondary N) is 1. The Morgan fingerprint density at radius 3 is 2.84 bits per heavy atom. The highest BCUT2D eigenvalue weighted by Crippen LogP contribution is 2.28. The first-order valence-electron chi connectivity index (χ1n) is 10.3. The van der Waals surface area contributed by atoms with Gasteiger partial charge in [0.25, 0.3) is 5.91 Å². The van der Waals surface area contributed by atoms with Crippen LogP contribution in [0.1, 0.15) is 17.5 Å². The molecule has 0 radical (unpaired) electrons. The number of aryl methyl sites for hydroxylation is 2. The van der Waals surface area contributed by atoms with Gasteiger partial charge in [0, 0.05) is 29.2 Å². The number of hydrazone groups is 1. The summed E-state index contributed by atoms with van der Waals surface area (Å²) in [6.07, 6.45) is 4.60. The van der Waals surface area contributed by atoms with Crippen LogP contribution in [0.5, 0.6) is 5.75 Å². The molecule has 0 aliphatic carbocycles. The van der Waals surface area contributed by atoms with Gasteiger partial charge in [0.1, 0.15) is 5.75 Å². The Bertz CT molecular complexity index is 1320. The van der Waals surface area contributed by atoms with Gasteiger partial charge in [0.2, 0.25) is 0 Å². The van der Waals surface area contributed by atoms with E-state index in [0.29, 0.717) is 11.8 Å². The molecule has 0 atom stereocenters. The Balaban J connectivity index is 1.38. The maximum absolute atomic E-state index is 12.6. The van der Waals surface area contributed by atoms with Crippen LogP contribution in [0, 0.1) is 12.3 Å². The predicted molar refractivity (Wildman–Crippen MR) is 129 cm³/mol.